The molecule has 3 aromatic rings. The number of nitrogens with one attached hydrogen (secondary N) is 1. The van der Waals surface area contributed by atoms with E-state index < -0.39 is 0 Å². The van der Waals surface area contributed by atoms with Crippen LogP contribution in [0.1, 0.15) is 9.67 Å². The van der Waals surface area contributed by atoms with Crippen molar-refractivity contribution in [1.82, 2.24) is 9.59 Å². The Balaban J connectivity index is 1.88. The van der Waals surface area contributed by atoms with Crippen molar-refractivity contribution in [3.8, 4) is 11.3 Å². The number of anilines is 1. The highest BCUT2D eigenvalue weighted by Gasteiger charge is 2.17. The Bertz CT molecular complexity index is 756. The van der Waals surface area contributed by atoms with Crippen molar-refractivity contribution in [2.45, 2.75) is 0 Å². The SMILES string of the molecule is O=C(Nc1ccccc1)c1snnc1-c1ccc(Br)cc1. The molecule has 1 heterocycles. The molecule has 3 rings (SSSR count). The van der Waals surface area contributed by atoms with Crippen molar-refractivity contribution >= 4 is 39.1 Å². The molecule has 1 aromatic heterocycles. The predicted molar refractivity (Wildman–Crippen MR) is 87.4 cm³/mol. The van der Waals surface area contributed by atoms with E-state index in [1.54, 1.807) is 0 Å². The van der Waals surface area contributed by atoms with Gasteiger partial charge in [-0.3, -0.25) is 4.79 Å². The summed E-state index contributed by atoms with van der Waals surface area (Å²) in [5, 5.41) is 6.92. The lowest BCUT2D eigenvalue weighted by Crippen LogP contribution is -2.11. The van der Waals surface area contributed by atoms with E-state index in [4.69, 9.17) is 0 Å². The van der Waals surface area contributed by atoms with Gasteiger partial charge < -0.3 is 5.32 Å². The molecule has 104 valence electrons. The topological polar surface area (TPSA) is 54.9 Å². The van der Waals surface area contributed by atoms with Gasteiger partial charge in [-0.2, -0.15) is 0 Å². The highest BCUT2D eigenvalue weighted by atomic mass is 79.9. The molecule has 1 amide bonds. The second kappa shape index (κ2) is 6.15. The van der Waals surface area contributed by atoms with Crippen LogP contribution < -0.4 is 5.32 Å². The zero-order chi connectivity index (χ0) is 14.7. The van der Waals surface area contributed by atoms with Crippen molar-refractivity contribution in [3.05, 3.63) is 63.9 Å². The van der Waals surface area contributed by atoms with Gasteiger partial charge in [0.15, 0.2) is 0 Å². The molecule has 0 aliphatic heterocycles. The van der Waals surface area contributed by atoms with Crippen molar-refractivity contribution in [2.75, 3.05) is 5.32 Å². The highest BCUT2D eigenvalue weighted by molar-refractivity contribution is 9.10. The molecule has 2 aromatic carbocycles. The van der Waals surface area contributed by atoms with E-state index in [1.165, 1.54) is 0 Å². The summed E-state index contributed by atoms with van der Waals surface area (Å²) in [5.41, 5.74) is 2.21. The minimum Gasteiger partial charge on any atom is -0.321 e. The molecule has 0 radical (unpaired) electrons. The number of carbonyl (C=O) groups is 1. The van der Waals surface area contributed by atoms with Crippen molar-refractivity contribution < 1.29 is 4.79 Å². The van der Waals surface area contributed by atoms with E-state index in [2.05, 4.69) is 30.8 Å². The van der Waals surface area contributed by atoms with E-state index in [-0.39, 0.29) is 5.91 Å². The van der Waals surface area contributed by atoms with Gasteiger partial charge >= 0.3 is 0 Å². The summed E-state index contributed by atoms with van der Waals surface area (Å²) in [6.45, 7) is 0. The lowest BCUT2D eigenvalue weighted by atomic mass is 10.1. The maximum Gasteiger partial charge on any atom is 0.269 e. The second-order valence-corrected chi connectivity index (χ2v) is 5.95. The minimum atomic E-state index is -0.200. The van der Waals surface area contributed by atoms with Gasteiger partial charge in [-0.05, 0) is 35.8 Å². The fraction of sp³-hybridized carbons (Fsp3) is 0. The maximum atomic E-state index is 12.3. The summed E-state index contributed by atoms with van der Waals surface area (Å²) in [5.74, 6) is -0.200. The maximum absolute atomic E-state index is 12.3. The zero-order valence-electron chi connectivity index (χ0n) is 10.8. The first-order valence-corrected chi connectivity index (χ1v) is 7.75. The molecule has 0 atom stereocenters. The Morgan fingerprint density at radius 3 is 2.48 bits per heavy atom. The van der Waals surface area contributed by atoms with Crippen molar-refractivity contribution in [2.24, 2.45) is 0 Å². The van der Waals surface area contributed by atoms with Crippen LogP contribution in [0.3, 0.4) is 0 Å². The first-order chi connectivity index (χ1) is 10.2. The van der Waals surface area contributed by atoms with Gasteiger partial charge in [0.25, 0.3) is 5.91 Å². The third-order valence-corrected chi connectivity index (χ3v) is 4.10. The first-order valence-electron chi connectivity index (χ1n) is 6.19. The molecule has 6 heteroatoms. The number of para-hydroxylation sites is 1. The van der Waals surface area contributed by atoms with Crippen LogP contribution in [0.5, 0.6) is 0 Å². The Labute approximate surface area is 134 Å². The number of amides is 1. The molecular weight excluding hydrogens is 350 g/mol. The van der Waals surface area contributed by atoms with Crippen molar-refractivity contribution in [3.63, 3.8) is 0 Å². The van der Waals surface area contributed by atoms with Gasteiger partial charge in [0, 0.05) is 15.7 Å². The molecule has 0 saturated heterocycles. The summed E-state index contributed by atoms with van der Waals surface area (Å²) in [7, 11) is 0. The Hall–Kier alpha value is -2.05. The summed E-state index contributed by atoms with van der Waals surface area (Å²) in [6.07, 6.45) is 0. The summed E-state index contributed by atoms with van der Waals surface area (Å²) in [6, 6.07) is 16.9. The number of carbonyl (C=O) groups excluding carboxylic acids is 1. The molecule has 0 fully saturated rings. The number of hydrogen-bond donors (Lipinski definition) is 1. The van der Waals surface area contributed by atoms with Crippen LogP contribution in [0.25, 0.3) is 11.3 Å². The Morgan fingerprint density at radius 1 is 1.05 bits per heavy atom. The normalized spacial score (nSPS) is 10.3. The van der Waals surface area contributed by atoms with Crippen LogP contribution in [0, 0.1) is 0 Å². The monoisotopic (exact) mass is 359 g/mol. The average Bonchev–Trinajstić information content (AvgIpc) is 2.98. The summed E-state index contributed by atoms with van der Waals surface area (Å²) < 4.78 is 4.88. The molecule has 0 unspecified atom stereocenters. The summed E-state index contributed by atoms with van der Waals surface area (Å²) >= 11 is 4.48. The van der Waals surface area contributed by atoms with Crippen molar-refractivity contribution in [1.29, 1.82) is 0 Å². The van der Waals surface area contributed by atoms with E-state index in [0.717, 1.165) is 27.3 Å². The molecule has 0 aliphatic carbocycles. The molecular formula is C15H10BrN3OS. The van der Waals surface area contributed by atoms with Crippen LogP contribution in [0.4, 0.5) is 5.69 Å². The minimum absolute atomic E-state index is 0.200. The highest BCUT2D eigenvalue weighted by Crippen LogP contribution is 2.26. The van der Waals surface area contributed by atoms with Crippen LogP contribution in [-0.4, -0.2) is 15.5 Å². The summed E-state index contributed by atoms with van der Waals surface area (Å²) in [4.78, 5) is 12.8. The number of hydrogen-bond acceptors (Lipinski definition) is 4. The largest absolute Gasteiger partial charge is 0.321 e. The zero-order valence-corrected chi connectivity index (χ0v) is 13.2. The molecule has 0 spiro atoms. The molecule has 1 N–H and O–H groups in total. The molecule has 0 aliphatic rings. The fourth-order valence-electron chi connectivity index (χ4n) is 1.85. The second-order valence-electron chi connectivity index (χ2n) is 4.28. The van der Waals surface area contributed by atoms with E-state index in [9.17, 15) is 4.79 Å². The van der Waals surface area contributed by atoms with E-state index in [0.29, 0.717) is 10.6 Å². The van der Waals surface area contributed by atoms with Gasteiger partial charge in [0.1, 0.15) is 10.6 Å². The predicted octanol–water partition coefficient (Wildman–Crippen LogP) is 4.22. The third-order valence-electron chi connectivity index (χ3n) is 2.84. The number of benzene rings is 2. The van der Waals surface area contributed by atoms with Crippen LogP contribution in [0.2, 0.25) is 0 Å². The van der Waals surface area contributed by atoms with Crippen LogP contribution in [0.15, 0.2) is 59.1 Å². The Kier molecular flexibility index (Phi) is 4.08. The lowest BCUT2D eigenvalue weighted by molar-refractivity contribution is 0.103. The number of rotatable bonds is 3. The molecule has 0 bridgehead atoms. The van der Waals surface area contributed by atoms with E-state index >= 15 is 0 Å². The van der Waals surface area contributed by atoms with Crippen LogP contribution >= 0.6 is 27.5 Å². The fourth-order valence-corrected chi connectivity index (χ4v) is 2.69. The Morgan fingerprint density at radius 2 is 1.76 bits per heavy atom. The quantitative estimate of drug-likeness (QED) is 0.761. The van der Waals surface area contributed by atoms with Crippen LogP contribution in [-0.2, 0) is 0 Å². The number of aromatic nitrogens is 2. The third kappa shape index (κ3) is 3.17. The number of nitrogens with zero attached hydrogens (tertiary/aromatic N) is 2. The van der Waals surface area contributed by atoms with Gasteiger partial charge in [0.2, 0.25) is 0 Å². The lowest BCUT2D eigenvalue weighted by Gasteiger charge is -2.04. The van der Waals surface area contributed by atoms with Gasteiger partial charge in [-0.15, -0.1) is 5.10 Å². The van der Waals surface area contributed by atoms with Gasteiger partial charge in [-0.1, -0.05) is 50.8 Å². The van der Waals surface area contributed by atoms with Gasteiger partial charge in [-0.25, -0.2) is 0 Å². The smallest absolute Gasteiger partial charge is 0.269 e. The van der Waals surface area contributed by atoms with E-state index in [1.807, 2.05) is 54.6 Å². The number of halogens is 1. The molecule has 21 heavy (non-hydrogen) atoms. The average molecular weight is 360 g/mol. The van der Waals surface area contributed by atoms with Gasteiger partial charge in [0.05, 0.1) is 0 Å². The standard InChI is InChI=1S/C15H10BrN3OS/c16-11-8-6-10(7-9-11)13-14(21-19-18-13)15(20)17-12-4-2-1-3-5-12/h1-9H,(H,17,20). The molecule has 0 saturated carbocycles. The first kappa shape index (κ1) is 13.9. The molecule has 4 nitrogen and oxygen atoms in total.